The van der Waals surface area contributed by atoms with Gasteiger partial charge in [-0.2, -0.15) is 0 Å². The van der Waals surface area contributed by atoms with E-state index in [1.807, 2.05) is 30.3 Å². The van der Waals surface area contributed by atoms with Crippen LogP contribution in [-0.2, 0) is 4.79 Å². The van der Waals surface area contributed by atoms with Gasteiger partial charge in [-0.05, 0) is 5.56 Å². The Labute approximate surface area is 95.2 Å². The minimum Gasteiger partial charge on any atom is -0.340 e. The van der Waals surface area contributed by atoms with Crippen molar-refractivity contribution in [2.24, 2.45) is 0 Å². The third-order valence-electron chi connectivity index (χ3n) is 2.09. The van der Waals surface area contributed by atoms with E-state index >= 15 is 0 Å². The first kappa shape index (κ1) is 11.8. The van der Waals surface area contributed by atoms with Crippen LogP contribution in [0.2, 0.25) is 0 Å². The van der Waals surface area contributed by atoms with E-state index in [-0.39, 0.29) is 5.91 Å². The lowest BCUT2D eigenvalue weighted by molar-refractivity contribution is -0.129. The highest BCUT2D eigenvalue weighted by atomic mass is 35.5. The molecule has 3 heteroatoms. The van der Waals surface area contributed by atoms with Crippen LogP contribution in [-0.4, -0.2) is 24.4 Å². The molecular formula is C12H14ClNO. The van der Waals surface area contributed by atoms with Crippen LogP contribution >= 0.6 is 11.6 Å². The second-order valence-electron chi connectivity index (χ2n) is 3.28. The molecular weight excluding hydrogens is 210 g/mol. The molecule has 0 N–H and O–H groups in total. The molecule has 0 aliphatic carbocycles. The zero-order chi connectivity index (χ0) is 11.3. The van der Waals surface area contributed by atoms with Gasteiger partial charge < -0.3 is 4.90 Å². The monoisotopic (exact) mass is 223 g/mol. The highest BCUT2D eigenvalue weighted by Gasteiger charge is 2.20. The first-order chi connectivity index (χ1) is 7.16. The predicted molar refractivity (Wildman–Crippen MR) is 62.9 cm³/mol. The molecule has 1 aromatic rings. The van der Waals surface area contributed by atoms with Gasteiger partial charge in [-0.3, -0.25) is 4.79 Å². The molecule has 0 bridgehead atoms. The number of likely N-dealkylation sites (N-methyl/N-ethyl adjacent to an activating group) is 1. The van der Waals surface area contributed by atoms with Crippen LogP contribution in [0.5, 0.6) is 0 Å². The first-order valence-corrected chi connectivity index (χ1v) is 5.15. The lowest BCUT2D eigenvalue weighted by Gasteiger charge is -2.18. The second kappa shape index (κ2) is 5.56. The number of hydrogen-bond donors (Lipinski definition) is 0. The van der Waals surface area contributed by atoms with Gasteiger partial charge in [0.2, 0.25) is 5.91 Å². The Morgan fingerprint density at radius 1 is 1.53 bits per heavy atom. The van der Waals surface area contributed by atoms with Gasteiger partial charge in [0.1, 0.15) is 5.38 Å². The van der Waals surface area contributed by atoms with Crippen LogP contribution in [0, 0.1) is 0 Å². The van der Waals surface area contributed by atoms with Crippen molar-refractivity contribution >= 4 is 17.5 Å². The molecule has 0 spiro atoms. The minimum atomic E-state index is -0.615. The molecule has 1 amide bonds. The van der Waals surface area contributed by atoms with Crippen molar-refractivity contribution in [2.45, 2.75) is 5.38 Å². The number of carbonyl (C=O) groups excluding carboxylic acids is 1. The maximum absolute atomic E-state index is 11.8. The summed E-state index contributed by atoms with van der Waals surface area (Å²) in [4.78, 5) is 13.3. The van der Waals surface area contributed by atoms with Gasteiger partial charge in [0.25, 0.3) is 0 Å². The number of hydrogen-bond acceptors (Lipinski definition) is 1. The summed E-state index contributed by atoms with van der Waals surface area (Å²) in [6, 6.07) is 9.32. The van der Waals surface area contributed by atoms with Crippen LogP contribution < -0.4 is 0 Å². The third kappa shape index (κ3) is 3.10. The summed E-state index contributed by atoms with van der Waals surface area (Å²) in [5.74, 6) is -0.109. The van der Waals surface area contributed by atoms with E-state index in [4.69, 9.17) is 11.6 Å². The highest BCUT2D eigenvalue weighted by Crippen LogP contribution is 2.21. The van der Waals surface area contributed by atoms with Crippen molar-refractivity contribution < 1.29 is 4.79 Å². The Bertz CT molecular complexity index is 337. The van der Waals surface area contributed by atoms with Crippen LogP contribution in [0.1, 0.15) is 10.9 Å². The number of nitrogens with zero attached hydrogens (tertiary/aromatic N) is 1. The summed E-state index contributed by atoms with van der Waals surface area (Å²) in [5, 5.41) is -0.615. The van der Waals surface area contributed by atoms with E-state index in [1.54, 1.807) is 18.0 Å². The van der Waals surface area contributed by atoms with E-state index in [9.17, 15) is 4.79 Å². The van der Waals surface area contributed by atoms with E-state index < -0.39 is 5.38 Å². The van der Waals surface area contributed by atoms with E-state index in [0.717, 1.165) is 5.56 Å². The Hall–Kier alpha value is -1.28. The lowest BCUT2D eigenvalue weighted by Crippen LogP contribution is -2.29. The summed E-state index contributed by atoms with van der Waals surface area (Å²) >= 11 is 6.06. The summed E-state index contributed by atoms with van der Waals surface area (Å²) < 4.78 is 0. The van der Waals surface area contributed by atoms with Gasteiger partial charge in [-0.25, -0.2) is 0 Å². The quantitative estimate of drug-likeness (QED) is 0.568. The average Bonchev–Trinajstić information content (AvgIpc) is 2.28. The minimum absolute atomic E-state index is 0.109. The fourth-order valence-electron chi connectivity index (χ4n) is 1.24. The van der Waals surface area contributed by atoms with Crippen molar-refractivity contribution in [3.63, 3.8) is 0 Å². The molecule has 0 aliphatic rings. The average molecular weight is 224 g/mol. The van der Waals surface area contributed by atoms with Crippen LogP contribution in [0.3, 0.4) is 0 Å². The molecule has 1 rings (SSSR count). The lowest BCUT2D eigenvalue weighted by atomic mass is 10.1. The highest BCUT2D eigenvalue weighted by molar-refractivity contribution is 6.30. The van der Waals surface area contributed by atoms with Gasteiger partial charge in [0.05, 0.1) is 0 Å². The Morgan fingerprint density at radius 2 is 2.13 bits per heavy atom. The fraction of sp³-hybridized carbons (Fsp3) is 0.250. The maximum Gasteiger partial charge on any atom is 0.245 e. The predicted octanol–water partition coefficient (Wildman–Crippen LogP) is 2.61. The third-order valence-corrected chi connectivity index (χ3v) is 2.53. The van der Waals surface area contributed by atoms with Gasteiger partial charge in [-0.15, -0.1) is 18.2 Å². The Morgan fingerprint density at radius 3 is 2.67 bits per heavy atom. The summed E-state index contributed by atoms with van der Waals surface area (Å²) in [7, 11) is 1.71. The number of amides is 1. The van der Waals surface area contributed by atoms with Crippen molar-refractivity contribution in [3.05, 3.63) is 48.6 Å². The zero-order valence-corrected chi connectivity index (χ0v) is 9.45. The van der Waals surface area contributed by atoms with Crippen molar-refractivity contribution in [1.82, 2.24) is 4.90 Å². The molecule has 0 saturated carbocycles. The van der Waals surface area contributed by atoms with E-state index in [2.05, 4.69) is 6.58 Å². The molecule has 0 fully saturated rings. The molecule has 1 aromatic carbocycles. The molecule has 1 unspecified atom stereocenters. The SMILES string of the molecule is C=CCN(C)C(=O)C(Cl)c1ccccc1. The molecule has 0 heterocycles. The molecule has 2 nitrogen and oxygen atoms in total. The molecule has 0 saturated heterocycles. The van der Waals surface area contributed by atoms with Crippen molar-refractivity contribution in [2.75, 3.05) is 13.6 Å². The fourth-order valence-corrected chi connectivity index (χ4v) is 1.55. The number of alkyl halides is 1. The number of halogens is 1. The van der Waals surface area contributed by atoms with Gasteiger partial charge >= 0.3 is 0 Å². The zero-order valence-electron chi connectivity index (χ0n) is 8.69. The molecule has 0 radical (unpaired) electrons. The molecule has 15 heavy (non-hydrogen) atoms. The Balaban J connectivity index is 2.72. The summed E-state index contributed by atoms with van der Waals surface area (Å²) in [6.45, 7) is 4.09. The van der Waals surface area contributed by atoms with E-state index in [1.165, 1.54) is 0 Å². The maximum atomic E-state index is 11.8. The Kier molecular flexibility index (Phi) is 4.37. The van der Waals surface area contributed by atoms with Crippen LogP contribution in [0.15, 0.2) is 43.0 Å². The first-order valence-electron chi connectivity index (χ1n) is 4.71. The van der Waals surface area contributed by atoms with Crippen molar-refractivity contribution in [3.8, 4) is 0 Å². The molecule has 1 atom stereocenters. The van der Waals surface area contributed by atoms with Gasteiger partial charge in [0, 0.05) is 13.6 Å². The van der Waals surface area contributed by atoms with Crippen LogP contribution in [0.25, 0.3) is 0 Å². The number of rotatable bonds is 4. The second-order valence-corrected chi connectivity index (χ2v) is 3.72. The standard InChI is InChI=1S/C12H14ClNO/c1-3-9-14(2)12(15)11(13)10-7-5-4-6-8-10/h3-8,11H,1,9H2,2H3. The van der Waals surface area contributed by atoms with Crippen molar-refractivity contribution in [1.29, 1.82) is 0 Å². The normalized spacial score (nSPS) is 11.9. The molecule has 0 aliphatic heterocycles. The van der Waals surface area contributed by atoms with Gasteiger partial charge in [0.15, 0.2) is 0 Å². The molecule has 80 valence electrons. The number of benzene rings is 1. The summed E-state index contributed by atoms with van der Waals surface area (Å²) in [6.07, 6.45) is 1.67. The summed E-state index contributed by atoms with van der Waals surface area (Å²) in [5.41, 5.74) is 0.820. The topological polar surface area (TPSA) is 20.3 Å². The largest absolute Gasteiger partial charge is 0.340 e. The van der Waals surface area contributed by atoms with Gasteiger partial charge in [-0.1, -0.05) is 36.4 Å². The smallest absolute Gasteiger partial charge is 0.245 e. The van der Waals surface area contributed by atoms with Crippen LogP contribution in [0.4, 0.5) is 0 Å². The van der Waals surface area contributed by atoms with E-state index in [0.29, 0.717) is 6.54 Å². The number of carbonyl (C=O) groups is 1. The molecule has 0 aromatic heterocycles.